The van der Waals surface area contributed by atoms with Gasteiger partial charge in [-0.3, -0.25) is 10.2 Å². The Labute approximate surface area is 48.4 Å². The molecular formula is C5H10N2O. The van der Waals surface area contributed by atoms with Crippen LogP contribution >= 0.6 is 0 Å². The summed E-state index contributed by atoms with van der Waals surface area (Å²) in [7, 11) is 0. The first-order chi connectivity index (χ1) is 3.83. The molecule has 0 aromatic carbocycles. The highest BCUT2D eigenvalue weighted by Crippen LogP contribution is 1.99. The highest BCUT2D eigenvalue weighted by molar-refractivity contribution is 5.77. The van der Waals surface area contributed by atoms with Crippen LogP contribution in [0.15, 0.2) is 0 Å². The summed E-state index contributed by atoms with van der Waals surface area (Å²) >= 11 is 0. The number of hydrogen-bond acceptors (Lipinski definition) is 2. The Morgan fingerprint density at radius 1 is 1.88 bits per heavy atom. The van der Waals surface area contributed by atoms with E-state index in [2.05, 4.69) is 17.8 Å². The number of hydrazine groups is 1. The third kappa shape index (κ3) is 0.980. The lowest BCUT2D eigenvalue weighted by Gasteiger charge is -2.00. The van der Waals surface area contributed by atoms with Crippen molar-refractivity contribution in [3.8, 4) is 0 Å². The molecule has 0 aromatic rings. The van der Waals surface area contributed by atoms with Gasteiger partial charge in [-0.05, 0) is 6.42 Å². The molecule has 1 rings (SSSR count). The molecule has 0 bridgehead atoms. The fourth-order valence-electron chi connectivity index (χ4n) is 0.755. The van der Waals surface area contributed by atoms with Gasteiger partial charge < -0.3 is 0 Å². The minimum Gasteiger partial charge on any atom is -0.291 e. The van der Waals surface area contributed by atoms with Gasteiger partial charge in [-0.1, -0.05) is 6.92 Å². The fourth-order valence-corrected chi connectivity index (χ4v) is 0.755. The van der Waals surface area contributed by atoms with Crippen LogP contribution in [0.5, 0.6) is 0 Å². The molecule has 3 nitrogen and oxygen atoms in total. The molecule has 46 valence electrons. The molecule has 2 N–H and O–H groups in total. The van der Waals surface area contributed by atoms with E-state index in [1.165, 1.54) is 0 Å². The molecular weight excluding hydrogens is 104 g/mol. The summed E-state index contributed by atoms with van der Waals surface area (Å²) in [6, 6.07) is 0.363. The molecule has 1 aliphatic heterocycles. The van der Waals surface area contributed by atoms with Crippen LogP contribution in [-0.2, 0) is 4.79 Å². The average Bonchev–Trinajstić information content (AvgIpc) is 2.14. The first-order valence-electron chi connectivity index (χ1n) is 2.87. The van der Waals surface area contributed by atoms with Gasteiger partial charge in [0.25, 0.3) is 0 Å². The third-order valence-corrected chi connectivity index (χ3v) is 1.34. The van der Waals surface area contributed by atoms with Crippen LogP contribution in [-0.4, -0.2) is 11.9 Å². The van der Waals surface area contributed by atoms with Crippen LogP contribution in [0.3, 0.4) is 0 Å². The summed E-state index contributed by atoms with van der Waals surface area (Å²) in [4.78, 5) is 10.4. The molecule has 8 heavy (non-hydrogen) atoms. The van der Waals surface area contributed by atoms with Crippen LogP contribution in [0.25, 0.3) is 0 Å². The molecule has 1 amide bonds. The summed E-state index contributed by atoms with van der Waals surface area (Å²) in [6.07, 6.45) is 1.65. The monoisotopic (exact) mass is 114 g/mol. The molecule has 0 spiro atoms. The number of nitrogens with one attached hydrogen (secondary N) is 2. The van der Waals surface area contributed by atoms with E-state index in [1.807, 2.05) is 0 Å². The second-order valence-corrected chi connectivity index (χ2v) is 2.00. The number of hydrogen-bond donors (Lipinski definition) is 2. The van der Waals surface area contributed by atoms with Gasteiger partial charge in [0.05, 0.1) is 0 Å². The summed E-state index contributed by atoms with van der Waals surface area (Å²) < 4.78 is 0. The molecule has 0 aromatic heterocycles. The predicted octanol–water partition coefficient (Wildman–Crippen LogP) is -0.211. The van der Waals surface area contributed by atoms with Gasteiger partial charge in [0.1, 0.15) is 0 Å². The van der Waals surface area contributed by atoms with E-state index in [4.69, 9.17) is 0 Å². The maximum Gasteiger partial charge on any atom is 0.235 e. The standard InChI is InChI=1S/C5H10N2O/c1-2-4-3-5(8)7-6-4/h4,6H,2-3H2,1H3,(H,7,8). The van der Waals surface area contributed by atoms with Gasteiger partial charge in [0.2, 0.25) is 5.91 Å². The highest BCUT2D eigenvalue weighted by atomic mass is 16.2. The largest absolute Gasteiger partial charge is 0.291 e. The van der Waals surface area contributed by atoms with E-state index in [0.29, 0.717) is 12.5 Å². The van der Waals surface area contributed by atoms with Gasteiger partial charge >= 0.3 is 0 Å². The van der Waals surface area contributed by atoms with E-state index in [1.54, 1.807) is 0 Å². The van der Waals surface area contributed by atoms with E-state index >= 15 is 0 Å². The maximum atomic E-state index is 10.4. The van der Waals surface area contributed by atoms with Crippen molar-refractivity contribution in [1.29, 1.82) is 0 Å². The maximum absolute atomic E-state index is 10.4. The lowest BCUT2D eigenvalue weighted by Crippen LogP contribution is -2.30. The second-order valence-electron chi connectivity index (χ2n) is 2.00. The van der Waals surface area contributed by atoms with Crippen molar-refractivity contribution in [2.75, 3.05) is 0 Å². The first kappa shape index (κ1) is 5.56. The van der Waals surface area contributed by atoms with Crippen molar-refractivity contribution >= 4 is 5.91 Å². The first-order valence-corrected chi connectivity index (χ1v) is 2.87. The lowest BCUT2D eigenvalue weighted by atomic mass is 10.2. The topological polar surface area (TPSA) is 41.1 Å². The summed E-state index contributed by atoms with van der Waals surface area (Å²) in [6.45, 7) is 2.05. The molecule has 1 aliphatic rings. The second kappa shape index (κ2) is 2.13. The summed E-state index contributed by atoms with van der Waals surface area (Å²) in [5, 5.41) is 0. The number of amides is 1. The van der Waals surface area contributed by atoms with Gasteiger partial charge in [-0.2, -0.15) is 0 Å². The van der Waals surface area contributed by atoms with Gasteiger partial charge in [0, 0.05) is 12.5 Å². The minimum absolute atomic E-state index is 0.108. The molecule has 1 heterocycles. The zero-order chi connectivity index (χ0) is 5.98. The van der Waals surface area contributed by atoms with Crippen molar-refractivity contribution in [2.24, 2.45) is 0 Å². The summed E-state index contributed by atoms with van der Waals surface area (Å²) in [5.74, 6) is 0.108. The molecule has 1 saturated heterocycles. The smallest absolute Gasteiger partial charge is 0.235 e. The Morgan fingerprint density at radius 3 is 2.88 bits per heavy atom. The molecule has 0 radical (unpaired) electrons. The Balaban J connectivity index is 2.32. The van der Waals surface area contributed by atoms with E-state index in [9.17, 15) is 4.79 Å². The van der Waals surface area contributed by atoms with Crippen LogP contribution in [0.2, 0.25) is 0 Å². The number of carbonyl (C=O) groups excluding carboxylic acids is 1. The van der Waals surface area contributed by atoms with Crippen molar-refractivity contribution in [3.05, 3.63) is 0 Å². The molecule has 0 aliphatic carbocycles. The zero-order valence-corrected chi connectivity index (χ0v) is 4.90. The average molecular weight is 114 g/mol. The Hall–Kier alpha value is -0.570. The van der Waals surface area contributed by atoms with Crippen LogP contribution < -0.4 is 10.9 Å². The number of rotatable bonds is 1. The van der Waals surface area contributed by atoms with Crippen LogP contribution in [0.1, 0.15) is 19.8 Å². The lowest BCUT2D eigenvalue weighted by molar-refractivity contribution is -0.119. The molecule has 1 unspecified atom stereocenters. The predicted molar refractivity (Wildman–Crippen MR) is 30.0 cm³/mol. The van der Waals surface area contributed by atoms with Gasteiger partial charge in [0.15, 0.2) is 0 Å². The van der Waals surface area contributed by atoms with Crippen molar-refractivity contribution < 1.29 is 4.79 Å². The SMILES string of the molecule is CCC1CC(=O)NN1. The van der Waals surface area contributed by atoms with E-state index < -0.39 is 0 Å². The Morgan fingerprint density at radius 2 is 2.62 bits per heavy atom. The fraction of sp³-hybridized carbons (Fsp3) is 0.800. The Bertz CT molecular complexity index is 103. The van der Waals surface area contributed by atoms with Crippen molar-refractivity contribution in [3.63, 3.8) is 0 Å². The highest BCUT2D eigenvalue weighted by Gasteiger charge is 2.17. The molecule has 1 fully saturated rings. The third-order valence-electron chi connectivity index (χ3n) is 1.34. The molecule has 3 heteroatoms. The van der Waals surface area contributed by atoms with E-state index in [-0.39, 0.29) is 5.91 Å². The molecule has 1 atom stereocenters. The van der Waals surface area contributed by atoms with Crippen LogP contribution in [0, 0.1) is 0 Å². The van der Waals surface area contributed by atoms with Crippen molar-refractivity contribution in [2.45, 2.75) is 25.8 Å². The number of carbonyl (C=O) groups is 1. The minimum atomic E-state index is 0.108. The van der Waals surface area contributed by atoms with Gasteiger partial charge in [-0.25, -0.2) is 5.43 Å². The normalized spacial score (nSPS) is 28.1. The summed E-state index contributed by atoms with van der Waals surface area (Å²) in [5.41, 5.74) is 5.39. The quantitative estimate of drug-likeness (QED) is 0.495. The molecule has 0 saturated carbocycles. The van der Waals surface area contributed by atoms with E-state index in [0.717, 1.165) is 6.42 Å². The zero-order valence-electron chi connectivity index (χ0n) is 4.90. The van der Waals surface area contributed by atoms with Crippen molar-refractivity contribution in [1.82, 2.24) is 10.9 Å². The van der Waals surface area contributed by atoms with Crippen LogP contribution in [0.4, 0.5) is 0 Å². The Kier molecular flexibility index (Phi) is 1.48. The van der Waals surface area contributed by atoms with Gasteiger partial charge in [-0.15, -0.1) is 0 Å².